The lowest BCUT2D eigenvalue weighted by Crippen LogP contribution is -2.29. The van der Waals surface area contributed by atoms with Crippen molar-refractivity contribution in [3.8, 4) is 5.88 Å². The van der Waals surface area contributed by atoms with Crippen molar-refractivity contribution in [1.29, 1.82) is 0 Å². The lowest BCUT2D eigenvalue weighted by molar-refractivity contribution is 0.0952. The van der Waals surface area contributed by atoms with E-state index in [9.17, 15) is 4.79 Å². The molecular formula is C15H23N7O2. The van der Waals surface area contributed by atoms with Crippen LogP contribution in [0.2, 0.25) is 0 Å². The number of aromatic nitrogens is 4. The minimum Gasteiger partial charge on any atom is -0.479 e. The molecule has 0 aliphatic carbocycles. The van der Waals surface area contributed by atoms with E-state index in [-0.39, 0.29) is 5.91 Å². The molecule has 2 aromatic rings. The SMILES string of the molecule is CCNc1cc(C)nc(NCCNC(=O)c2cn(C)nc2OC)n1. The molecule has 0 aromatic carbocycles. The zero-order valence-electron chi connectivity index (χ0n) is 14.4. The Bertz CT molecular complexity index is 699. The van der Waals surface area contributed by atoms with Crippen LogP contribution in [0, 0.1) is 6.92 Å². The molecule has 9 nitrogen and oxygen atoms in total. The van der Waals surface area contributed by atoms with Crippen molar-refractivity contribution in [3.63, 3.8) is 0 Å². The fourth-order valence-electron chi connectivity index (χ4n) is 2.14. The molecule has 0 unspecified atom stereocenters. The van der Waals surface area contributed by atoms with Crippen LogP contribution in [-0.2, 0) is 7.05 Å². The molecular weight excluding hydrogens is 310 g/mol. The summed E-state index contributed by atoms with van der Waals surface area (Å²) in [5, 5.41) is 13.1. The van der Waals surface area contributed by atoms with Gasteiger partial charge in [-0.05, 0) is 13.8 Å². The summed E-state index contributed by atoms with van der Waals surface area (Å²) in [6.45, 7) is 5.63. The number of methoxy groups -OCH3 is 1. The summed E-state index contributed by atoms with van der Waals surface area (Å²) in [5.41, 5.74) is 1.27. The van der Waals surface area contributed by atoms with Crippen molar-refractivity contribution in [1.82, 2.24) is 25.1 Å². The molecule has 2 rings (SSSR count). The molecule has 0 fully saturated rings. The van der Waals surface area contributed by atoms with Crippen molar-refractivity contribution in [3.05, 3.63) is 23.5 Å². The van der Waals surface area contributed by atoms with Gasteiger partial charge < -0.3 is 20.7 Å². The molecule has 0 spiro atoms. The molecule has 9 heteroatoms. The number of amides is 1. The van der Waals surface area contributed by atoms with Gasteiger partial charge in [0.1, 0.15) is 11.4 Å². The van der Waals surface area contributed by atoms with Gasteiger partial charge >= 0.3 is 0 Å². The Morgan fingerprint density at radius 1 is 1.29 bits per heavy atom. The Hall–Kier alpha value is -2.84. The predicted molar refractivity (Wildman–Crippen MR) is 91.5 cm³/mol. The Labute approximate surface area is 140 Å². The highest BCUT2D eigenvalue weighted by Gasteiger charge is 2.15. The van der Waals surface area contributed by atoms with Gasteiger partial charge in [-0.2, -0.15) is 4.98 Å². The molecule has 24 heavy (non-hydrogen) atoms. The average Bonchev–Trinajstić information content (AvgIpc) is 2.92. The highest BCUT2D eigenvalue weighted by molar-refractivity contribution is 5.96. The molecule has 3 N–H and O–H groups in total. The first-order chi connectivity index (χ1) is 11.5. The van der Waals surface area contributed by atoms with E-state index in [1.807, 2.05) is 19.9 Å². The maximum atomic E-state index is 12.1. The first-order valence-corrected chi connectivity index (χ1v) is 7.72. The molecule has 2 aromatic heterocycles. The third kappa shape index (κ3) is 4.58. The quantitative estimate of drug-likeness (QED) is 0.614. The second-order valence-electron chi connectivity index (χ2n) is 5.16. The summed E-state index contributed by atoms with van der Waals surface area (Å²) in [6, 6.07) is 1.88. The highest BCUT2D eigenvalue weighted by Crippen LogP contribution is 2.14. The third-order valence-corrected chi connectivity index (χ3v) is 3.14. The number of aryl methyl sites for hydroxylation is 2. The minimum atomic E-state index is -0.236. The van der Waals surface area contributed by atoms with E-state index in [2.05, 4.69) is 31.0 Å². The molecule has 0 aliphatic rings. The van der Waals surface area contributed by atoms with E-state index in [1.54, 1.807) is 13.2 Å². The van der Waals surface area contributed by atoms with Crippen molar-refractivity contribution in [2.24, 2.45) is 7.05 Å². The number of carbonyl (C=O) groups is 1. The molecule has 2 heterocycles. The van der Waals surface area contributed by atoms with Crippen molar-refractivity contribution in [2.45, 2.75) is 13.8 Å². The van der Waals surface area contributed by atoms with Crippen molar-refractivity contribution >= 4 is 17.7 Å². The van der Waals surface area contributed by atoms with Gasteiger partial charge in [0.05, 0.1) is 7.11 Å². The second-order valence-corrected chi connectivity index (χ2v) is 5.16. The smallest absolute Gasteiger partial charge is 0.258 e. The van der Waals surface area contributed by atoms with Crippen LogP contribution >= 0.6 is 0 Å². The first kappa shape index (κ1) is 17.5. The van der Waals surface area contributed by atoms with Crippen LogP contribution in [0.15, 0.2) is 12.3 Å². The van der Waals surface area contributed by atoms with Crippen molar-refractivity contribution in [2.75, 3.05) is 37.4 Å². The van der Waals surface area contributed by atoms with Crippen LogP contribution in [0.1, 0.15) is 23.0 Å². The van der Waals surface area contributed by atoms with Gasteiger partial charge in [-0.15, -0.1) is 5.10 Å². The minimum absolute atomic E-state index is 0.236. The summed E-state index contributed by atoms with van der Waals surface area (Å²) >= 11 is 0. The number of ether oxygens (including phenoxy) is 1. The Morgan fingerprint density at radius 3 is 2.79 bits per heavy atom. The summed E-state index contributed by atoms with van der Waals surface area (Å²) in [4.78, 5) is 20.8. The molecule has 130 valence electrons. The highest BCUT2D eigenvalue weighted by atomic mass is 16.5. The summed E-state index contributed by atoms with van der Waals surface area (Å²) in [5.74, 6) is 1.37. The predicted octanol–water partition coefficient (Wildman–Crippen LogP) is 0.801. The first-order valence-electron chi connectivity index (χ1n) is 7.72. The van der Waals surface area contributed by atoms with Gasteiger partial charge in [0.2, 0.25) is 11.8 Å². The van der Waals surface area contributed by atoms with E-state index in [4.69, 9.17) is 4.74 Å². The van der Waals surface area contributed by atoms with Gasteiger partial charge in [-0.25, -0.2) is 4.98 Å². The van der Waals surface area contributed by atoms with E-state index < -0.39 is 0 Å². The van der Waals surface area contributed by atoms with Crippen molar-refractivity contribution < 1.29 is 9.53 Å². The normalized spacial score (nSPS) is 10.3. The van der Waals surface area contributed by atoms with Gasteiger partial charge in [0.25, 0.3) is 5.91 Å². The summed E-state index contributed by atoms with van der Waals surface area (Å²) < 4.78 is 6.61. The Balaban J connectivity index is 1.85. The zero-order valence-corrected chi connectivity index (χ0v) is 14.4. The van der Waals surface area contributed by atoms with Crippen LogP contribution in [0.3, 0.4) is 0 Å². The second kappa shape index (κ2) is 8.14. The van der Waals surface area contributed by atoms with Gasteiger partial charge in [0.15, 0.2) is 0 Å². The van der Waals surface area contributed by atoms with E-state index in [1.165, 1.54) is 11.8 Å². The Morgan fingerprint density at radius 2 is 2.08 bits per heavy atom. The molecule has 0 atom stereocenters. The molecule has 0 saturated heterocycles. The van der Waals surface area contributed by atoms with Crippen LogP contribution < -0.4 is 20.7 Å². The van der Waals surface area contributed by atoms with E-state index in [0.29, 0.717) is 30.5 Å². The molecule has 0 aliphatic heterocycles. The third-order valence-electron chi connectivity index (χ3n) is 3.14. The average molecular weight is 333 g/mol. The maximum Gasteiger partial charge on any atom is 0.258 e. The van der Waals surface area contributed by atoms with Gasteiger partial charge in [-0.3, -0.25) is 9.48 Å². The largest absolute Gasteiger partial charge is 0.479 e. The fraction of sp³-hybridized carbons (Fsp3) is 0.467. The molecule has 1 amide bonds. The number of hydrogen-bond donors (Lipinski definition) is 3. The topological polar surface area (TPSA) is 106 Å². The van der Waals surface area contributed by atoms with Crippen LogP contribution in [0.25, 0.3) is 0 Å². The number of nitrogens with zero attached hydrogens (tertiary/aromatic N) is 4. The van der Waals surface area contributed by atoms with E-state index in [0.717, 1.165) is 18.1 Å². The van der Waals surface area contributed by atoms with Crippen LogP contribution in [0.5, 0.6) is 5.88 Å². The summed E-state index contributed by atoms with van der Waals surface area (Å²) in [7, 11) is 3.22. The van der Waals surface area contributed by atoms with Crippen LogP contribution in [-0.4, -0.2) is 52.4 Å². The number of carbonyl (C=O) groups excluding carboxylic acids is 1. The zero-order chi connectivity index (χ0) is 17.5. The van der Waals surface area contributed by atoms with Crippen LogP contribution in [0.4, 0.5) is 11.8 Å². The fourth-order valence-corrected chi connectivity index (χ4v) is 2.14. The molecule has 0 saturated carbocycles. The number of rotatable bonds is 8. The standard InChI is InChI=1S/C15H23N7O2/c1-5-16-12-8-10(2)19-15(20-12)18-7-6-17-13(23)11-9-22(3)21-14(11)24-4/h8-9H,5-7H2,1-4H3,(H,17,23)(H2,16,18,19,20). The number of nitrogens with one attached hydrogen (secondary N) is 3. The lowest BCUT2D eigenvalue weighted by Gasteiger charge is -2.09. The molecule has 0 bridgehead atoms. The summed E-state index contributed by atoms with van der Waals surface area (Å²) in [6.07, 6.45) is 1.62. The Kier molecular flexibility index (Phi) is 5.94. The van der Waals surface area contributed by atoms with Gasteiger partial charge in [0, 0.05) is 44.6 Å². The van der Waals surface area contributed by atoms with E-state index >= 15 is 0 Å². The monoisotopic (exact) mass is 333 g/mol. The molecule has 0 radical (unpaired) electrons. The number of hydrogen-bond acceptors (Lipinski definition) is 7. The van der Waals surface area contributed by atoms with Gasteiger partial charge in [-0.1, -0.05) is 0 Å². The lowest BCUT2D eigenvalue weighted by atomic mass is 10.3. The number of anilines is 2. The maximum absolute atomic E-state index is 12.1.